The Balaban J connectivity index is 1.23. The Hall–Kier alpha value is -3.05. The number of anilines is 1. The lowest BCUT2D eigenvalue weighted by Crippen LogP contribution is -2.41. The summed E-state index contributed by atoms with van der Waals surface area (Å²) >= 11 is 5.90. The minimum Gasteiger partial charge on any atom is -0.349 e. The fourth-order valence-corrected chi connectivity index (χ4v) is 5.04. The van der Waals surface area contributed by atoms with Gasteiger partial charge in [0.2, 0.25) is 5.91 Å². The molecule has 1 aromatic carbocycles. The van der Waals surface area contributed by atoms with E-state index in [0.29, 0.717) is 32.2 Å². The van der Waals surface area contributed by atoms with Gasteiger partial charge in [-0.15, -0.1) is 0 Å². The number of likely N-dealkylation sites (tertiary alicyclic amines) is 1. The lowest BCUT2D eigenvalue weighted by atomic mass is 9.85. The molecule has 200 valence electrons. The van der Waals surface area contributed by atoms with Crippen molar-refractivity contribution in [1.29, 1.82) is 0 Å². The Morgan fingerprint density at radius 2 is 1.73 bits per heavy atom. The van der Waals surface area contributed by atoms with Crippen LogP contribution in [-0.4, -0.2) is 64.8 Å². The minimum atomic E-state index is -1.10. The van der Waals surface area contributed by atoms with Gasteiger partial charge in [-0.2, -0.15) is 0 Å². The van der Waals surface area contributed by atoms with Crippen LogP contribution in [0.2, 0.25) is 5.02 Å². The minimum absolute atomic E-state index is 0.0157. The number of carbonyl (C=O) groups excluding carboxylic acids is 3. The number of hydrogen-bond acceptors (Lipinski definition) is 5. The summed E-state index contributed by atoms with van der Waals surface area (Å²) < 4.78 is 26.8. The molecule has 37 heavy (non-hydrogen) atoms. The van der Waals surface area contributed by atoms with Gasteiger partial charge in [-0.3, -0.25) is 14.4 Å². The second-order valence-corrected chi connectivity index (χ2v) is 9.95. The lowest BCUT2D eigenvalue weighted by molar-refractivity contribution is -0.120. The Labute approximate surface area is 218 Å². The van der Waals surface area contributed by atoms with Crippen LogP contribution in [0.4, 0.5) is 14.5 Å². The van der Waals surface area contributed by atoms with Gasteiger partial charge in [0.05, 0.1) is 17.0 Å². The maximum absolute atomic E-state index is 13.5. The van der Waals surface area contributed by atoms with Gasteiger partial charge in [-0.1, -0.05) is 18.0 Å². The van der Waals surface area contributed by atoms with Gasteiger partial charge in [0, 0.05) is 31.1 Å². The zero-order valence-electron chi connectivity index (χ0n) is 20.4. The largest absolute Gasteiger partial charge is 0.349 e. The Kier molecular flexibility index (Phi) is 9.09. The van der Waals surface area contributed by atoms with Crippen LogP contribution >= 0.6 is 11.6 Å². The molecule has 4 N–H and O–H groups in total. The number of piperidine rings is 1. The number of imidazole rings is 1. The molecule has 1 saturated carbocycles. The van der Waals surface area contributed by atoms with E-state index in [1.807, 2.05) is 0 Å². The van der Waals surface area contributed by atoms with Crippen molar-refractivity contribution < 1.29 is 23.2 Å². The molecule has 3 amide bonds. The molecule has 0 radical (unpaired) electrons. The van der Waals surface area contributed by atoms with Gasteiger partial charge in [-0.05, 0) is 57.7 Å². The van der Waals surface area contributed by atoms with Gasteiger partial charge in [0.25, 0.3) is 11.8 Å². The van der Waals surface area contributed by atoms with Crippen molar-refractivity contribution in [2.75, 3.05) is 31.5 Å². The molecule has 2 aromatic rings. The predicted octanol–water partition coefficient (Wildman–Crippen LogP) is 3.48. The molecule has 12 heteroatoms. The molecule has 1 aliphatic carbocycles. The average Bonchev–Trinajstić information content (AvgIpc) is 3.39. The molecular weight excluding hydrogens is 506 g/mol. The first-order valence-corrected chi connectivity index (χ1v) is 13.0. The monoisotopic (exact) mass is 536 g/mol. The molecule has 4 rings (SSSR count). The lowest BCUT2D eigenvalue weighted by Gasteiger charge is -2.28. The van der Waals surface area contributed by atoms with E-state index < -0.39 is 23.4 Å². The normalized spacial score (nSPS) is 20.3. The van der Waals surface area contributed by atoms with Crippen molar-refractivity contribution in [1.82, 2.24) is 25.5 Å². The molecule has 0 unspecified atom stereocenters. The number of aromatic amines is 1. The van der Waals surface area contributed by atoms with E-state index in [1.165, 1.54) is 25.6 Å². The van der Waals surface area contributed by atoms with Gasteiger partial charge in [-0.25, -0.2) is 13.8 Å². The van der Waals surface area contributed by atoms with Crippen LogP contribution < -0.4 is 16.0 Å². The first-order chi connectivity index (χ1) is 17.8. The maximum Gasteiger partial charge on any atom is 0.272 e. The fourth-order valence-electron chi connectivity index (χ4n) is 4.84. The molecule has 0 bridgehead atoms. The number of H-pyrrole nitrogens is 1. The third kappa shape index (κ3) is 7.04. The Morgan fingerprint density at radius 1 is 1.03 bits per heavy atom. The van der Waals surface area contributed by atoms with E-state index in [9.17, 15) is 23.2 Å². The summed E-state index contributed by atoms with van der Waals surface area (Å²) in [6.07, 6.45) is 6.98. The summed E-state index contributed by atoms with van der Waals surface area (Å²) in [6, 6.07) is 1.49. The summed E-state index contributed by atoms with van der Waals surface area (Å²) in [5, 5.41) is 8.23. The van der Waals surface area contributed by atoms with Crippen molar-refractivity contribution in [2.24, 2.45) is 5.92 Å². The van der Waals surface area contributed by atoms with Crippen LogP contribution in [0.25, 0.3) is 0 Å². The number of nitrogens with zero attached hydrogens (tertiary/aromatic N) is 2. The second kappa shape index (κ2) is 12.5. The zero-order chi connectivity index (χ0) is 26.4. The van der Waals surface area contributed by atoms with Crippen molar-refractivity contribution in [3.8, 4) is 0 Å². The van der Waals surface area contributed by atoms with Gasteiger partial charge < -0.3 is 25.8 Å². The summed E-state index contributed by atoms with van der Waals surface area (Å²) in [4.78, 5) is 47.2. The van der Waals surface area contributed by atoms with Crippen LogP contribution in [0.1, 0.15) is 65.9 Å². The standard InChI is InChI=1S/C25H31ClF2N6O3/c26-17-12-18(27)19(28)13-20(17)33-23(35)15-4-6-16(7-5-15)32-25(37)22-21(30-14-31-22)24(36)29-8-11-34-9-2-1-3-10-34/h12-16H,1-11H2,(H,29,36)(H,30,31)(H,32,37)(H,33,35)/t15-,16-. The molecule has 1 aromatic heterocycles. The SMILES string of the molecule is O=C(NCCN1CCCCC1)c1nc[nH]c1C(=O)N[C@H]1CC[C@H](C(=O)Nc2cc(F)c(F)cc2Cl)CC1. The maximum atomic E-state index is 13.5. The third-order valence-corrected chi connectivity index (χ3v) is 7.26. The van der Waals surface area contributed by atoms with E-state index >= 15 is 0 Å². The van der Waals surface area contributed by atoms with Crippen molar-refractivity contribution in [2.45, 2.75) is 51.0 Å². The summed E-state index contributed by atoms with van der Waals surface area (Å²) in [5.74, 6) is -3.71. The number of carbonyl (C=O) groups is 3. The third-order valence-electron chi connectivity index (χ3n) is 6.94. The number of nitrogens with one attached hydrogen (secondary N) is 4. The van der Waals surface area contributed by atoms with Gasteiger partial charge in [0.1, 0.15) is 5.69 Å². The smallest absolute Gasteiger partial charge is 0.272 e. The predicted molar refractivity (Wildman–Crippen MR) is 134 cm³/mol. The topological polar surface area (TPSA) is 119 Å². The molecule has 2 aliphatic rings. The highest BCUT2D eigenvalue weighted by molar-refractivity contribution is 6.33. The number of amides is 3. The Morgan fingerprint density at radius 3 is 2.46 bits per heavy atom. The van der Waals surface area contributed by atoms with E-state index in [0.717, 1.165) is 31.8 Å². The highest BCUT2D eigenvalue weighted by Crippen LogP contribution is 2.29. The van der Waals surface area contributed by atoms with Crippen molar-refractivity contribution in [3.63, 3.8) is 0 Å². The van der Waals surface area contributed by atoms with Crippen LogP contribution in [-0.2, 0) is 4.79 Å². The summed E-state index contributed by atoms with van der Waals surface area (Å²) in [5.41, 5.74) is 0.165. The summed E-state index contributed by atoms with van der Waals surface area (Å²) in [7, 11) is 0. The number of aromatic nitrogens is 2. The van der Waals surface area contributed by atoms with Crippen LogP contribution in [0.15, 0.2) is 18.5 Å². The van der Waals surface area contributed by atoms with Crippen LogP contribution in [0.5, 0.6) is 0 Å². The number of benzene rings is 1. The zero-order valence-corrected chi connectivity index (χ0v) is 21.2. The van der Waals surface area contributed by atoms with Crippen molar-refractivity contribution >= 4 is 35.0 Å². The second-order valence-electron chi connectivity index (χ2n) is 9.54. The average molecular weight is 537 g/mol. The quantitative estimate of drug-likeness (QED) is 0.385. The fraction of sp³-hybridized carbons (Fsp3) is 0.520. The van der Waals surface area contributed by atoms with Crippen LogP contribution in [0.3, 0.4) is 0 Å². The molecule has 1 aliphatic heterocycles. The molecule has 0 atom stereocenters. The first kappa shape index (κ1) is 27.0. The van der Waals surface area contributed by atoms with E-state index in [2.05, 4.69) is 30.8 Å². The highest BCUT2D eigenvalue weighted by atomic mass is 35.5. The number of halogens is 3. The summed E-state index contributed by atoms with van der Waals surface area (Å²) in [6.45, 7) is 3.31. The first-order valence-electron chi connectivity index (χ1n) is 12.6. The van der Waals surface area contributed by atoms with E-state index in [1.54, 1.807) is 0 Å². The van der Waals surface area contributed by atoms with Crippen molar-refractivity contribution in [3.05, 3.63) is 46.5 Å². The highest BCUT2D eigenvalue weighted by Gasteiger charge is 2.29. The number of rotatable bonds is 8. The molecule has 2 heterocycles. The van der Waals surface area contributed by atoms with Gasteiger partial charge >= 0.3 is 0 Å². The number of hydrogen-bond donors (Lipinski definition) is 4. The Bertz CT molecular complexity index is 1130. The van der Waals surface area contributed by atoms with E-state index in [4.69, 9.17) is 11.6 Å². The molecule has 1 saturated heterocycles. The molecular formula is C25H31ClF2N6O3. The molecule has 2 fully saturated rings. The van der Waals surface area contributed by atoms with E-state index in [-0.39, 0.29) is 40.0 Å². The molecule has 9 nitrogen and oxygen atoms in total. The van der Waals surface area contributed by atoms with Gasteiger partial charge in [0.15, 0.2) is 17.3 Å². The molecule has 0 spiro atoms. The van der Waals surface area contributed by atoms with Crippen LogP contribution in [0, 0.1) is 17.6 Å².